The van der Waals surface area contributed by atoms with Crippen LogP contribution in [0.4, 0.5) is 0 Å². The van der Waals surface area contributed by atoms with E-state index in [4.69, 9.17) is 20.9 Å². The molecule has 0 aliphatic carbocycles. The third kappa shape index (κ3) is 4.83. The van der Waals surface area contributed by atoms with Gasteiger partial charge in [0, 0.05) is 30.6 Å². The van der Waals surface area contributed by atoms with Crippen molar-refractivity contribution in [3.05, 3.63) is 65.4 Å². The van der Waals surface area contributed by atoms with Crippen molar-refractivity contribution in [3.63, 3.8) is 0 Å². The van der Waals surface area contributed by atoms with Crippen molar-refractivity contribution in [2.45, 2.75) is 6.42 Å². The number of halogens is 1. The van der Waals surface area contributed by atoms with Crippen molar-refractivity contribution in [2.24, 2.45) is 0 Å². The quantitative estimate of drug-likeness (QED) is 0.636. The summed E-state index contributed by atoms with van der Waals surface area (Å²) in [7, 11) is 1.71. The molecule has 0 aliphatic heterocycles. The van der Waals surface area contributed by atoms with Crippen molar-refractivity contribution in [1.29, 1.82) is 0 Å². The van der Waals surface area contributed by atoms with E-state index in [2.05, 4.69) is 10.1 Å². The Bertz CT molecular complexity index is 850. The average molecular weight is 372 g/mol. The first-order chi connectivity index (χ1) is 12.6. The molecule has 0 saturated carbocycles. The lowest BCUT2D eigenvalue weighted by Crippen LogP contribution is -2.33. The SMILES string of the molecule is CN(CCc1noc(-c2ccccc2)n1)C(=O)COc1ccc(Cl)cc1. The van der Waals surface area contributed by atoms with Crippen molar-refractivity contribution >= 4 is 17.5 Å². The van der Waals surface area contributed by atoms with Crippen LogP contribution in [0.2, 0.25) is 5.02 Å². The number of likely N-dealkylation sites (N-methyl/N-ethyl adjacent to an activating group) is 1. The van der Waals surface area contributed by atoms with Gasteiger partial charge in [0.1, 0.15) is 5.75 Å². The highest BCUT2D eigenvalue weighted by molar-refractivity contribution is 6.30. The van der Waals surface area contributed by atoms with Crippen LogP contribution in [0, 0.1) is 0 Å². The van der Waals surface area contributed by atoms with E-state index in [0.29, 0.717) is 35.5 Å². The second kappa shape index (κ2) is 8.49. The average Bonchev–Trinajstić information content (AvgIpc) is 3.15. The van der Waals surface area contributed by atoms with Crippen molar-refractivity contribution < 1.29 is 14.1 Å². The second-order valence-electron chi connectivity index (χ2n) is 5.69. The predicted molar refractivity (Wildman–Crippen MR) is 98.0 cm³/mol. The molecule has 0 unspecified atom stereocenters. The molecule has 1 amide bonds. The number of rotatable bonds is 7. The van der Waals surface area contributed by atoms with Crippen LogP contribution in [-0.2, 0) is 11.2 Å². The molecule has 0 atom stereocenters. The number of aromatic nitrogens is 2. The monoisotopic (exact) mass is 371 g/mol. The lowest BCUT2D eigenvalue weighted by Gasteiger charge is -2.16. The van der Waals surface area contributed by atoms with Gasteiger partial charge in [-0.05, 0) is 36.4 Å². The molecular weight excluding hydrogens is 354 g/mol. The topological polar surface area (TPSA) is 68.5 Å². The largest absolute Gasteiger partial charge is 0.484 e. The molecule has 0 spiro atoms. The molecule has 0 N–H and O–H groups in total. The van der Waals surface area contributed by atoms with Gasteiger partial charge in [0.15, 0.2) is 12.4 Å². The summed E-state index contributed by atoms with van der Waals surface area (Å²) in [5.41, 5.74) is 0.868. The highest BCUT2D eigenvalue weighted by atomic mass is 35.5. The summed E-state index contributed by atoms with van der Waals surface area (Å²) in [6, 6.07) is 16.4. The Morgan fingerprint density at radius 2 is 1.88 bits per heavy atom. The first-order valence-corrected chi connectivity index (χ1v) is 8.50. The van der Waals surface area contributed by atoms with Crippen molar-refractivity contribution in [1.82, 2.24) is 15.0 Å². The van der Waals surface area contributed by atoms with Crippen LogP contribution in [0.25, 0.3) is 11.5 Å². The predicted octanol–water partition coefficient (Wildman–Crippen LogP) is 3.47. The number of benzene rings is 2. The van der Waals surface area contributed by atoms with Gasteiger partial charge in [0.25, 0.3) is 11.8 Å². The third-order valence-corrected chi connectivity index (χ3v) is 4.01. The first kappa shape index (κ1) is 17.9. The van der Waals surface area contributed by atoms with Crippen LogP contribution in [-0.4, -0.2) is 41.1 Å². The molecule has 134 valence electrons. The van der Waals surface area contributed by atoms with E-state index in [1.165, 1.54) is 0 Å². The molecule has 3 rings (SSSR count). The van der Waals surface area contributed by atoms with Gasteiger partial charge in [-0.15, -0.1) is 0 Å². The number of hydrogen-bond donors (Lipinski definition) is 0. The Hall–Kier alpha value is -2.86. The van der Waals surface area contributed by atoms with Crippen molar-refractivity contribution in [3.8, 4) is 17.2 Å². The molecule has 0 fully saturated rings. The van der Waals surface area contributed by atoms with Gasteiger partial charge in [-0.2, -0.15) is 4.98 Å². The van der Waals surface area contributed by atoms with E-state index in [9.17, 15) is 4.79 Å². The zero-order valence-electron chi connectivity index (χ0n) is 14.3. The van der Waals surface area contributed by atoms with Crippen LogP contribution in [0.1, 0.15) is 5.82 Å². The molecule has 1 heterocycles. The van der Waals surface area contributed by atoms with E-state index in [1.807, 2.05) is 30.3 Å². The van der Waals surface area contributed by atoms with Crippen LogP contribution in [0.5, 0.6) is 5.75 Å². The molecule has 0 saturated heterocycles. The van der Waals surface area contributed by atoms with Crippen molar-refractivity contribution in [2.75, 3.05) is 20.2 Å². The number of nitrogens with zero attached hydrogens (tertiary/aromatic N) is 3. The Morgan fingerprint density at radius 3 is 2.62 bits per heavy atom. The zero-order valence-corrected chi connectivity index (χ0v) is 15.0. The van der Waals surface area contributed by atoms with Gasteiger partial charge in [0.2, 0.25) is 0 Å². The number of carbonyl (C=O) groups is 1. The number of hydrogen-bond acceptors (Lipinski definition) is 5. The van der Waals surface area contributed by atoms with Gasteiger partial charge in [-0.25, -0.2) is 0 Å². The highest BCUT2D eigenvalue weighted by Crippen LogP contribution is 2.17. The summed E-state index contributed by atoms with van der Waals surface area (Å²) in [6.07, 6.45) is 0.500. The molecular formula is C19H18ClN3O3. The fourth-order valence-electron chi connectivity index (χ4n) is 2.23. The highest BCUT2D eigenvalue weighted by Gasteiger charge is 2.13. The van der Waals surface area contributed by atoms with E-state index >= 15 is 0 Å². The maximum atomic E-state index is 12.1. The Kier molecular flexibility index (Phi) is 5.86. The molecule has 7 heteroatoms. The van der Waals surface area contributed by atoms with E-state index in [-0.39, 0.29) is 12.5 Å². The zero-order chi connectivity index (χ0) is 18.4. The molecule has 1 aromatic heterocycles. The lowest BCUT2D eigenvalue weighted by molar-refractivity contribution is -0.132. The van der Waals surface area contributed by atoms with Crippen LogP contribution in [0.3, 0.4) is 0 Å². The van der Waals surface area contributed by atoms with E-state index in [1.54, 1.807) is 36.2 Å². The molecule has 0 radical (unpaired) electrons. The number of carbonyl (C=O) groups excluding carboxylic acids is 1. The molecule has 26 heavy (non-hydrogen) atoms. The maximum absolute atomic E-state index is 12.1. The summed E-state index contributed by atoms with van der Waals surface area (Å²) in [5.74, 6) is 1.50. The van der Waals surface area contributed by atoms with Gasteiger partial charge in [0.05, 0.1) is 0 Å². The standard InChI is InChI=1S/C19H18ClN3O3/c1-23(18(24)13-25-16-9-7-15(20)8-10-16)12-11-17-21-19(26-22-17)14-5-3-2-4-6-14/h2-10H,11-13H2,1H3. The first-order valence-electron chi connectivity index (χ1n) is 8.12. The minimum absolute atomic E-state index is 0.0420. The second-order valence-corrected chi connectivity index (χ2v) is 6.13. The Morgan fingerprint density at radius 1 is 1.15 bits per heavy atom. The van der Waals surface area contributed by atoms with E-state index < -0.39 is 0 Å². The lowest BCUT2D eigenvalue weighted by atomic mass is 10.2. The number of amides is 1. The minimum atomic E-state index is -0.133. The van der Waals surface area contributed by atoms with E-state index in [0.717, 1.165) is 5.56 Å². The normalized spacial score (nSPS) is 10.5. The summed E-state index contributed by atoms with van der Waals surface area (Å²) in [6.45, 7) is 0.427. The minimum Gasteiger partial charge on any atom is -0.484 e. The Labute approximate surface area is 156 Å². The van der Waals surface area contributed by atoms with Gasteiger partial charge in [-0.1, -0.05) is 35.0 Å². The summed E-state index contributed by atoms with van der Waals surface area (Å²) in [4.78, 5) is 18.1. The van der Waals surface area contributed by atoms with Gasteiger partial charge in [-0.3, -0.25) is 4.79 Å². The maximum Gasteiger partial charge on any atom is 0.260 e. The molecule has 0 aliphatic rings. The summed E-state index contributed by atoms with van der Waals surface area (Å²) in [5, 5.41) is 4.58. The molecule has 2 aromatic carbocycles. The third-order valence-electron chi connectivity index (χ3n) is 3.76. The molecule has 3 aromatic rings. The Balaban J connectivity index is 1.47. The fourth-order valence-corrected chi connectivity index (χ4v) is 2.36. The summed E-state index contributed by atoms with van der Waals surface area (Å²) >= 11 is 5.81. The smallest absolute Gasteiger partial charge is 0.260 e. The van der Waals surface area contributed by atoms with Crippen LogP contribution < -0.4 is 4.74 Å². The van der Waals surface area contributed by atoms with Crippen LogP contribution >= 0.6 is 11.6 Å². The molecule has 0 bridgehead atoms. The summed E-state index contributed by atoms with van der Waals surface area (Å²) < 4.78 is 10.7. The van der Waals surface area contributed by atoms with Gasteiger partial charge >= 0.3 is 0 Å². The fraction of sp³-hybridized carbons (Fsp3) is 0.211. The van der Waals surface area contributed by atoms with Gasteiger partial charge < -0.3 is 14.2 Å². The number of ether oxygens (including phenoxy) is 1. The van der Waals surface area contributed by atoms with Crippen LogP contribution in [0.15, 0.2) is 59.1 Å². The molecule has 6 nitrogen and oxygen atoms in total.